The van der Waals surface area contributed by atoms with Crippen LogP contribution >= 0.6 is 11.6 Å². The van der Waals surface area contributed by atoms with E-state index in [-0.39, 0.29) is 22.2 Å². The molecular formula is C22H24ClN3O4S. The first-order chi connectivity index (χ1) is 14.9. The summed E-state index contributed by atoms with van der Waals surface area (Å²) < 4.78 is 33.5. The molecule has 0 saturated carbocycles. The Labute approximate surface area is 186 Å². The second-order valence-electron chi connectivity index (χ2n) is 7.40. The zero-order chi connectivity index (χ0) is 21.8. The summed E-state index contributed by atoms with van der Waals surface area (Å²) in [7, 11) is -3.76. The van der Waals surface area contributed by atoms with Crippen molar-refractivity contribution < 1.29 is 17.9 Å². The molecule has 4 rings (SSSR count). The molecule has 31 heavy (non-hydrogen) atoms. The van der Waals surface area contributed by atoms with Crippen LogP contribution in [0.25, 0.3) is 10.9 Å². The number of carbonyl (C=O) groups excluding carboxylic acids is 1. The van der Waals surface area contributed by atoms with Crippen LogP contribution in [-0.2, 0) is 25.9 Å². The van der Waals surface area contributed by atoms with Crippen LogP contribution in [0.15, 0.2) is 64.5 Å². The van der Waals surface area contributed by atoms with E-state index in [0.29, 0.717) is 35.7 Å². The first-order valence-corrected chi connectivity index (χ1v) is 12.0. The van der Waals surface area contributed by atoms with Gasteiger partial charge in [0.15, 0.2) is 0 Å². The lowest BCUT2D eigenvalue weighted by Gasteiger charge is -2.26. The SMILES string of the molecule is O=C(Cn1cc(S(=O)(=O)c2ccc(Cl)cc2)c2ccccc21)NCCN1CCOCC1. The van der Waals surface area contributed by atoms with Crippen LogP contribution in [0.5, 0.6) is 0 Å². The van der Waals surface area contributed by atoms with Crippen LogP contribution in [-0.4, -0.2) is 63.2 Å². The number of benzene rings is 2. The lowest BCUT2D eigenvalue weighted by molar-refractivity contribution is -0.121. The summed E-state index contributed by atoms with van der Waals surface area (Å²) in [5.74, 6) is -0.163. The summed E-state index contributed by atoms with van der Waals surface area (Å²) in [6.45, 7) is 4.50. The number of rotatable bonds is 7. The van der Waals surface area contributed by atoms with Gasteiger partial charge in [-0.1, -0.05) is 29.8 Å². The molecule has 1 aliphatic heterocycles. The Morgan fingerprint density at radius 1 is 1.06 bits per heavy atom. The highest BCUT2D eigenvalue weighted by atomic mass is 35.5. The average molecular weight is 462 g/mol. The van der Waals surface area contributed by atoms with Crippen molar-refractivity contribution in [1.29, 1.82) is 0 Å². The van der Waals surface area contributed by atoms with Crippen molar-refractivity contribution >= 4 is 38.2 Å². The quantitative estimate of drug-likeness (QED) is 0.585. The van der Waals surface area contributed by atoms with Gasteiger partial charge in [-0.15, -0.1) is 0 Å². The van der Waals surface area contributed by atoms with Gasteiger partial charge in [-0.25, -0.2) is 8.42 Å². The smallest absolute Gasteiger partial charge is 0.239 e. The fraction of sp³-hybridized carbons (Fsp3) is 0.318. The number of fused-ring (bicyclic) bond motifs is 1. The molecule has 2 heterocycles. The molecule has 1 saturated heterocycles. The van der Waals surface area contributed by atoms with Crippen molar-refractivity contribution in [3.8, 4) is 0 Å². The number of morpholine rings is 1. The number of carbonyl (C=O) groups is 1. The molecule has 1 fully saturated rings. The third-order valence-corrected chi connectivity index (χ3v) is 7.38. The van der Waals surface area contributed by atoms with E-state index in [9.17, 15) is 13.2 Å². The van der Waals surface area contributed by atoms with Crippen molar-refractivity contribution in [3.63, 3.8) is 0 Å². The third-order valence-electron chi connectivity index (χ3n) is 5.33. The zero-order valence-corrected chi connectivity index (χ0v) is 18.5. The number of nitrogens with one attached hydrogen (secondary N) is 1. The normalized spacial score (nSPS) is 15.3. The Kier molecular flexibility index (Phi) is 6.62. The van der Waals surface area contributed by atoms with Gasteiger partial charge >= 0.3 is 0 Å². The molecule has 1 N–H and O–H groups in total. The van der Waals surface area contributed by atoms with Gasteiger partial charge in [0, 0.05) is 48.3 Å². The molecule has 164 valence electrons. The lowest BCUT2D eigenvalue weighted by atomic mass is 10.2. The van der Waals surface area contributed by atoms with E-state index in [1.54, 1.807) is 28.8 Å². The van der Waals surface area contributed by atoms with Crippen LogP contribution in [0, 0.1) is 0 Å². The molecule has 1 amide bonds. The maximum Gasteiger partial charge on any atom is 0.239 e. The Hall–Kier alpha value is -2.39. The van der Waals surface area contributed by atoms with Crippen molar-refractivity contribution in [3.05, 3.63) is 59.8 Å². The number of para-hydroxylation sites is 1. The number of halogens is 1. The molecule has 0 spiro atoms. The van der Waals surface area contributed by atoms with Gasteiger partial charge in [0.25, 0.3) is 0 Å². The Morgan fingerprint density at radius 2 is 1.77 bits per heavy atom. The monoisotopic (exact) mass is 461 g/mol. The molecular weight excluding hydrogens is 438 g/mol. The van der Waals surface area contributed by atoms with Crippen LogP contribution in [0.4, 0.5) is 0 Å². The minimum Gasteiger partial charge on any atom is -0.379 e. The molecule has 0 radical (unpaired) electrons. The predicted molar refractivity (Wildman–Crippen MR) is 119 cm³/mol. The van der Waals surface area contributed by atoms with Crippen LogP contribution in [0.2, 0.25) is 5.02 Å². The number of aromatic nitrogens is 1. The van der Waals surface area contributed by atoms with Gasteiger partial charge in [0.05, 0.1) is 23.0 Å². The van der Waals surface area contributed by atoms with Crippen molar-refractivity contribution in [2.24, 2.45) is 0 Å². The van der Waals surface area contributed by atoms with E-state index in [4.69, 9.17) is 16.3 Å². The molecule has 0 unspecified atom stereocenters. The highest BCUT2D eigenvalue weighted by Crippen LogP contribution is 2.30. The maximum atomic E-state index is 13.2. The highest BCUT2D eigenvalue weighted by molar-refractivity contribution is 7.91. The van der Waals surface area contributed by atoms with Gasteiger partial charge in [0.1, 0.15) is 6.54 Å². The summed E-state index contributed by atoms with van der Waals surface area (Å²) in [4.78, 5) is 15.1. The summed E-state index contributed by atoms with van der Waals surface area (Å²) in [6, 6.07) is 13.3. The fourth-order valence-corrected chi connectivity index (χ4v) is 5.29. The first kappa shape index (κ1) is 21.8. The van der Waals surface area contributed by atoms with Gasteiger partial charge in [0.2, 0.25) is 15.7 Å². The lowest BCUT2D eigenvalue weighted by Crippen LogP contribution is -2.41. The van der Waals surface area contributed by atoms with Gasteiger partial charge in [-0.05, 0) is 30.3 Å². The van der Waals surface area contributed by atoms with E-state index in [1.165, 1.54) is 18.3 Å². The van der Waals surface area contributed by atoms with E-state index < -0.39 is 9.84 Å². The summed E-state index contributed by atoms with van der Waals surface area (Å²) in [5, 5.41) is 3.97. The predicted octanol–water partition coefficient (Wildman–Crippen LogP) is 2.58. The molecule has 9 heteroatoms. The van der Waals surface area contributed by atoms with Crippen LogP contribution < -0.4 is 5.32 Å². The second-order valence-corrected chi connectivity index (χ2v) is 9.75. The summed E-state index contributed by atoms with van der Waals surface area (Å²) in [6.07, 6.45) is 1.54. The van der Waals surface area contributed by atoms with Gasteiger partial charge in [-0.3, -0.25) is 9.69 Å². The molecule has 2 aromatic carbocycles. The maximum absolute atomic E-state index is 13.2. The largest absolute Gasteiger partial charge is 0.379 e. The van der Waals surface area contributed by atoms with E-state index >= 15 is 0 Å². The van der Waals surface area contributed by atoms with E-state index in [2.05, 4.69) is 10.2 Å². The van der Waals surface area contributed by atoms with Crippen LogP contribution in [0.3, 0.4) is 0 Å². The van der Waals surface area contributed by atoms with Gasteiger partial charge < -0.3 is 14.6 Å². The molecule has 1 aliphatic rings. The summed E-state index contributed by atoms with van der Waals surface area (Å²) >= 11 is 5.90. The van der Waals surface area contributed by atoms with Gasteiger partial charge in [-0.2, -0.15) is 0 Å². The number of ether oxygens (including phenoxy) is 1. The Bertz CT molecular complexity index is 1170. The minimum atomic E-state index is -3.76. The molecule has 1 aromatic heterocycles. The minimum absolute atomic E-state index is 0.0414. The highest BCUT2D eigenvalue weighted by Gasteiger charge is 2.24. The Balaban J connectivity index is 1.52. The zero-order valence-electron chi connectivity index (χ0n) is 17.0. The fourth-order valence-electron chi connectivity index (χ4n) is 3.69. The molecule has 0 atom stereocenters. The Morgan fingerprint density at radius 3 is 2.52 bits per heavy atom. The topological polar surface area (TPSA) is 80.6 Å². The number of sulfone groups is 1. The van der Waals surface area contributed by atoms with Crippen molar-refractivity contribution in [2.45, 2.75) is 16.3 Å². The van der Waals surface area contributed by atoms with E-state index in [1.807, 2.05) is 12.1 Å². The summed E-state index contributed by atoms with van der Waals surface area (Å²) in [5.41, 5.74) is 0.693. The number of amides is 1. The number of hydrogen-bond acceptors (Lipinski definition) is 5. The number of hydrogen-bond donors (Lipinski definition) is 1. The first-order valence-electron chi connectivity index (χ1n) is 10.1. The van der Waals surface area contributed by atoms with Crippen molar-refractivity contribution in [2.75, 3.05) is 39.4 Å². The molecule has 3 aromatic rings. The van der Waals surface area contributed by atoms with Crippen molar-refractivity contribution in [1.82, 2.24) is 14.8 Å². The van der Waals surface area contributed by atoms with Crippen LogP contribution in [0.1, 0.15) is 0 Å². The molecule has 7 nitrogen and oxygen atoms in total. The standard InChI is InChI=1S/C22H24ClN3O4S/c23-17-5-7-18(8-6-17)31(28,29)21-15-26(20-4-2-1-3-19(20)21)16-22(27)24-9-10-25-11-13-30-14-12-25/h1-8,15H,9-14,16H2,(H,24,27). The average Bonchev–Trinajstić information content (AvgIpc) is 3.14. The molecule has 0 aliphatic carbocycles. The number of nitrogens with zero attached hydrogens (tertiary/aromatic N) is 2. The second kappa shape index (κ2) is 9.40. The molecule has 0 bridgehead atoms. The third kappa shape index (κ3) is 4.93. The van der Waals surface area contributed by atoms with E-state index in [0.717, 1.165) is 19.6 Å².